The summed E-state index contributed by atoms with van der Waals surface area (Å²) in [5.74, 6) is -1.52. The molecule has 136 valence electrons. The molecule has 8 heteroatoms. The first-order valence-electron chi connectivity index (χ1n) is 8.76. The van der Waals surface area contributed by atoms with Crippen LogP contribution in [0.5, 0.6) is 5.75 Å². The topological polar surface area (TPSA) is 105 Å². The number of hydrogen-bond acceptors (Lipinski definition) is 6. The smallest absolute Gasteiger partial charge is 0.262 e. The van der Waals surface area contributed by atoms with Gasteiger partial charge in [0.1, 0.15) is 18.4 Å². The van der Waals surface area contributed by atoms with Crippen LogP contribution < -0.4 is 15.4 Å². The molecule has 3 aliphatic heterocycles. The lowest BCUT2D eigenvalue weighted by molar-refractivity contribution is -0.136. The van der Waals surface area contributed by atoms with E-state index in [4.69, 9.17) is 4.74 Å². The Labute approximate surface area is 149 Å². The van der Waals surface area contributed by atoms with Crippen LogP contribution in [-0.4, -0.2) is 53.8 Å². The molecule has 0 bridgehead atoms. The lowest BCUT2D eigenvalue weighted by atomic mass is 10.0. The molecule has 3 aliphatic rings. The van der Waals surface area contributed by atoms with E-state index in [1.54, 1.807) is 18.2 Å². The van der Waals surface area contributed by atoms with E-state index in [2.05, 4.69) is 10.6 Å². The Hall–Kier alpha value is -2.74. The third-order valence-corrected chi connectivity index (χ3v) is 5.02. The van der Waals surface area contributed by atoms with Crippen LogP contribution in [0.25, 0.3) is 0 Å². The Bertz CT molecular complexity index is 800. The predicted molar refractivity (Wildman–Crippen MR) is 89.6 cm³/mol. The van der Waals surface area contributed by atoms with Gasteiger partial charge in [-0.05, 0) is 44.0 Å². The van der Waals surface area contributed by atoms with Crippen molar-refractivity contribution >= 4 is 23.6 Å². The van der Waals surface area contributed by atoms with Gasteiger partial charge in [0.2, 0.25) is 11.8 Å². The van der Waals surface area contributed by atoms with Crippen LogP contribution in [-0.2, 0) is 9.59 Å². The molecule has 4 rings (SSSR count). The summed E-state index contributed by atoms with van der Waals surface area (Å²) in [6.45, 7) is 1.48. The Morgan fingerprint density at radius 2 is 1.88 bits per heavy atom. The van der Waals surface area contributed by atoms with Crippen LogP contribution in [0.2, 0.25) is 0 Å². The van der Waals surface area contributed by atoms with Gasteiger partial charge in [-0.15, -0.1) is 0 Å². The molecule has 1 aromatic rings. The number of fused-ring (bicyclic) bond motifs is 1. The van der Waals surface area contributed by atoms with E-state index < -0.39 is 23.8 Å². The third kappa shape index (κ3) is 2.86. The molecule has 0 spiro atoms. The maximum atomic E-state index is 12.7. The molecule has 4 amide bonds. The number of amides is 4. The van der Waals surface area contributed by atoms with Crippen LogP contribution >= 0.6 is 0 Å². The first kappa shape index (κ1) is 16.7. The Morgan fingerprint density at radius 1 is 1.08 bits per heavy atom. The molecule has 0 saturated carbocycles. The molecule has 2 N–H and O–H groups in total. The van der Waals surface area contributed by atoms with Gasteiger partial charge in [0.15, 0.2) is 0 Å². The first-order chi connectivity index (χ1) is 12.5. The summed E-state index contributed by atoms with van der Waals surface area (Å²) in [5.41, 5.74) is 0.489. The van der Waals surface area contributed by atoms with Crippen molar-refractivity contribution in [1.82, 2.24) is 15.5 Å². The maximum absolute atomic E-state index is 12.7. The van der Waals surface area contributed by atoms with Gasteiger partial charge in [0.05, 0.1) is 11.1 Å². The van der Waals surface area contributed by atoms with Crippen molar-refractivity contribution in [2.24, 2.45) is 0 Å². The molecule has 0 aliphatic carbocycles. The van der Waals surface area contributed by atoms with E-state index in [0.717, 1.165) is 24.3 Å². The minimum absolute atomic E-state index is 0.104. The molecule has 1 aromatic carbocycles. The van der Waals surface area contributed by atoms with Crippen LogP contribution in [0.3, 0.4) is 0 Å². The van der Waals surface area contributed by atoms with Crippen LogP contribution in [0.1, 0.15) is 46.4 Å². The highest BCUT2D eigenvalue weighted by Crippen LogP contribution is 2.30. The van der Waals surface area contributed by atoms with Gasteiger partial charge in [-0.25, -0.2) is 0 Å². The average molecular weight is 357 g/mol. The third-order valence-electron chi connectivity index (χ3n) is 5.02. The summed E-state index contributed by atoms with van der Waals surface area (Å²) in [5, 5.41) is 5.51. The number of piperidine rings is 1. The molecule has 2 saturated heterocycles. The zero-order chi connectivity index (χ0) is 18.3. The number of imide groups is 2. The molecule has 2 atom stereocenters. The summed E-state index contributed by atoms with van der Waals surface area (Å²) in [4.78, 5) is 49.6. The fraction of sp³-hybridized carbons (Fsp3) is 0.444. The van der Waals surface area contributed by atoms with Crippen molar-refractivity contribution in [3.05, 3.63) is 29.3 Å². The molecular formula is C18H19N3O5. The number of rotatable bonds is 4. The highest BCUT2D eigenvalue weighted by Gasteiger charge is 2.44. The van der Waals surface area contributed by atoms with Crippen molar-refractivity contribution in [3.63, 3.8) is 0 Å². The minimum atomic E-state index is -0.952. The normalized spacial score (nSPS) is 25.5. The van der Waals surface area contributed by atoms with Gasteiger partial charge in [0, 0.05) is 12.5 Å². The molecule has 3 heterocycles. The number of benzene rings is 1. The zero-order valence-electron chi connectivity index (χ0n) is 14.1. The van der Waals surface area contributed by atoms with Crippen molar-refractivity contribution in [1.29, 1.82) is 0 Å². The quantitative estimate of drug-likeness (QED) is 0.747. The van der Waals surface area contributed by atoms with E-state index >= 15 is 0 Å². The van der Waals surface area contributed by atoms with E-state index in [1.165, 1.54) is 0 Å². The molecule has 2 fully saturated rings. The van der Waals surface area contributed by atoms with E-state index in [0.29, 0.717) is 18.4 Å². The van der Waals surface area contributed by atoms with Gasteiger partial charge >= 0.3 is 0 Å². The van der Waals surface area contributed by atoms with Crippen LogP contribution in [0.4, 0.5) is 0 Å². The van der Waals surface area contributed by atoms with E-state index in [1.807, 2.05) is 0 Å². The van der Waals surface area contributed by atoms with E-state index in [-0.39, 0.29) is 29.9 Å². The largest absolute Gasteiger partial charge is 0.492 e. The number of hydrogen-bond donors (Lipinski definition) is 2. The summed E-state index contributed by atoms with van der Waals surface area (Å²) < 4.78 is 5.75. The summed E-state index contributed by atoms with van der Waals surface area (Å²) in [6.07, 6.45) is 2.41. The minimum Gasteiger partial charge on any atom is -0.492 e. The molecule has 8 nitrogen and oxygen atoms in total. The van der Waals surface area contributed by atoms with Crippen molar-refractivity contribution < 1.29 is 23.9 Å². The van der Waals surface area contributed by atoms with Crippen molar-refractivity contribution in [2.75, 3.05) is 13.2 Å². The molecular weight excluding hydrogens is 338 g/mol. The molecule has 0 aromatic heterocycles. The number of nitrogens with zero attached hydrogens (tertiary/aromatic N) is 1. The molecule has 1 unspecified atom stereocenters. The van der Waals surface area contributed by atoms with Gasteiger partial charge in [0.25, 0.3) is 11.8 Å². The summed E-state index contributed by atoms with van der Waals surface area (Å²) >= 11 is 0. The summed E-state index contributed by atoms with van der Waals surface area (Å²) in [6, 6.07) is 4.11. The van der Waals surface area contributed by atoms with Gasteiger partial charge in [-0.2, -0.15) is 0 Å². The Kier molecular flexibility index (Phi) is 4.20. The second-order valence-corrected chi connectivity index (χ2v) is 6.76. The fourth-order valence-corrected chi connectivity index (χ4v) is 3.64. The highest BCUT2D eigenvalue weighted by molar-refractivity contribution is 6.23. The highest BCUT2D eigenvalue weighted by atomic mass is 16.5. The van der Waals surface area contributed by atoms with E-state index in [9.17, 15) is 19.2 Å². The maximum Gasteiger partial charge on any atom is 0.262 e. The van der Waals surface area contributed by atoms with Gasteiger partial charge in [-0.1, -0.05) is 0 Å². The van der Waals surface area contributed by atoms with Crippen molar-refractivity contribution in [2.45, 2.75) is 37.8 Å². The summed E-state index contributed by atoms with van der Waals surface area (Å²) in [7, 11) is 0. The SMILES string of the molecule is O=C1CCC(N2C(=O)c3ccc(OC[C@H]4CCCN4)cc3C2=O)C(=O)N1. The predicted octanol–water partition coefficient (Wildman–Crippen LogP) is 0.219. The zero-order valence-corrected chi connectivity index (χ0v) is 14.1. The standard InChI is InChI=1S/C18H19N3O5/c22-15-6-5-14(16(23)20-15)21-17(24)12-4-3-11(8-13(12)18(21)25)26-9-10-2-1-7-19-10/h3-4,8,10,14,19H,1-2,5-7,9H2,(H,20,22,23)/t10-,14?/m1/s1. The van der Waals surface area contributed by atoms with Crippen LogP contribution in [0, 0.1) is 0 Å². The van der Waals surface area contributed by atoms with Gasteiger partial charge < -0.3 is 10.1 Å². The average Bonchev–Trinajstić information content (AvgIpc) is 3.22. The monoisotopic (exact) mass is 357 g/mol. The second kappa shape index (κ2) is 6.53. The first-order valence-corrected chi connectivity index (χ1v) is 8.76. The lowest BCUT2D eigenvalue weighted by Gasteiger charge is -2.27. The Balaban J connectivity index is 1.52. The number of carbonyl (C=O) groups is 4. The lowest BCUT2D eigenvalue weighted by Crippen LogP contribution is -2.54. The molecule has 26 heavy (non-hydrogen) atoms. The van der Waals surface area contributed by atoms with Gasteiger partial charge in [-0.3, -0.25) is 29.4 Å². The Morgan fingerprint density at radius 3 is 2.62 bits per heavy atom. The fourth-order valence-electron chi connectivity index (χ4n) is 3.64. The number of ether oxygens (including phenoxy) is 1. The second-order valence-electron chi connectivity index (χ2n) is 6.76. The number of carbonyl (C=O) groups excluding carboxylic acids is 4. The van der Waals surface area contributed by atoms with Crippen LogP contribution in [0.15, 0.2) is 18.2 Å². The van der Waals surface area contributed by atoms with Crippen molar-refractivity contribution in [3.8, 4) is 5.75 Å². The molecule has 0 radical (unpaired) electrons. The number of nitrogens with one attached hydrogen (secondary N) is 2.